The first-order valence-corrected chi connectivity index (χ1v) is 8.12. The standard InChI is InChI=1S/C20H20N2O/c21-14-17-5-4-6-19(13-17)20(23)18-9-7-16(8-10-18)15-22-11-2-1-3-12-22/h4-10,13H,1-3,11-12,15H2. The van der Waals surface area contributed by atoms with Gasteiger partial charge in [0.1, 0.15) is 0 Å². The Bertz CT molecular complexity index is 722. The van der Waals surface area contributed by atoms with Crippen LogP contribution >= 0.6 is 0 Å². The summed E-state index contributed by atoms with van der Waals surface area (Å²) in [6, 6.07) is 16.8. The number of hydrogen-bond acceptors (Lipinski definition) is 3. The maximum atomic E-state index is 12.5. The highest BCUT2D eigenvalue weighted by Crippen LogP contribution is 2.16. The van der Waals surface area contributed by atoms with Crippen LogP contribution in [0.5, 0.6) is 0 Å². The van der Waals surface area contributed by atoms with Crippen molar-refractivity contribution >= 4 is 5.78 Å². The van der Waals surface area contributed by atoms with E-state index < -0.39 is 0 Å². The SMILES string of the molecule is N#Cc1cccc(C(=O)c2ccc(CN3CCCCC3)cc2)c1. The number of likely N-dealkylation sites (tertiary alicyclic amines) is 1. The number of benzene rings is 2. The molecule has 3 heteroatoms. The molecule has 0 aliphatic carbocycles. The van der Waals surface area contributed by atoms with Gasteiger partial charge in [0.25, 0.3) is 0 Å². The lowest BCUT2D eigenvalue weighted by Gasteiger charge is -2.26. The molecule has 0 amide bonds. The van der Waals surface area contributed by atoms with Gasteiger partial charge in [-0.2, -0.15) is 5.26 Å². The third kappa shape index (κ3) is 3.85. The molecule has 3 nitrogen and oxygen atoms in total. The van der Waals surface area contributed by atoms with Crippen LogP contribution < -0.4 is 0 Å². The van der Waals surface area contributed by atoms with Crippen LogP contribution in [0.4, 0.5) is 0 Å². The summed E-state index contributed by atoms with van der Waals surface area (Å²) in [6.45, 7) is 3.29. The highest BCUT2D eigenvalue weighted by atomic mass is 16.1. The Morgan fingerprint density at radius 1 is 1.00 bits per heavy atom. The Kier molecular flexibility index (Phi) is 4.85. The van der Waals surface area contributed by atoms with Crippen molar-refractivity contribution in [2.45, 2.75) is 25.8 Å². The van der Waals surface area contributed by atoms with Crippen LogP contribution in [0.25, 0.3) is 0 Å². The summed E-state index contributed by atoms with van der Waals surface area (Å²) in [4.78, 5) is 15.0. The minimum absolute atomic E-state index is 0.0355. The second kappa shape index (κ2) is 7.21. The highest BCUT2D eigenvalue weighted by Gasteiger charge is 2.12. The summed E-state index contributed by atoms with van der Waals surface area (Å²) in [7, 11) is 0. The number of hydrogen-bond donors (Lipinski definition) is 0. The number of nitriles is 1. The van der Waals surface area contributed by atoms with Crippen LogP contribution in [-0.4, -0.2) is 23.8 Å². The fraction of sp³-hybridized carbons (Fsp3) is 0.300. The normalized spacial score (nSPS) is 15.1. The number of piperidine rings is 1. The van der Waals surface area contributed by atoms with Crippen LogP contribution in [0.2, 0.25) is 0 Å². The zero-order valence-corrected chi connectivity index (χ0v) is 13.2. The van der Waals surface area contributed by atoms with Crippen LogP contribution in [0, 0.1) is 11.3 Å². The average molecular weight is 304 g/mol. The third-order valence-electron chi connectivity index (χ3n) is 4.32. The van der Waals surface area contributed by atoms with Gasteiger partial charge in [0.15, 0.2) is 5.78 Å². The second-order valence-electron chi connectivity index (χ2n) is 6.06. The number of carbonyl (C=O) groups is 1. The quantitative estimate of drug-likeness (QED) is 0.808. The maximum absolute atomic E-state index is 12.5. The largest absolute Gasteiger partial charge is 0.299 e. The smallest absolute Gasteiger partial charge is 0.193 e. The fourth-order valence-electron chi connectivity index (χ4n) is 3.03. The molecule has 0 aromatic heterocycles. The number of carbonyl (C=O) groups excluding carboxylic acids is 1. The van der Waals surface area contributed by atoms with Crippen molar-refractivity contribution in [2.24, 2.45) is 0 Å². The molecule has 1 fully saturated rings. The predicted molar refractivity (Wildman–Crippen MR) is 90.2 cm³/mol. The van der Waals surface area contributed by atoms with Gasteiger partial charge in [-0.25, -0.2) is 0 Å². The molecule has 0 unspecified atom stereocenters. The Balaban J connectivity index is 1.71. The van der Waals surface area contributed by atoms with Crippen molar-refractivity contribution in [3.05, 3.63) is 70.8 Å². The zero-order valence-electron chi connectivity index (χ0n) is 13.2. The minimum Gasteiger partial charge on any atom is -0.299 e. The highest BCUT2D eigenvalue weighted by molar-refractivity contribution is 6.09. The third-order valence-corrected chi connectivity index (χ3v) is 4.32. The van der Waals surface area contributed by atoms with Crippen molar-refractivity contribution in [2.75, 3.05) is 13.1 Å². The number of ketones is 1. The molecule has 0 atom stereocenters. The first-order valence-electron chi connectivity index (χ1n) is 8.12. The lowest BCUT2D eigenvalue weighted by molar-refractivity contribution is 0.103. The van der Waals surface area contributed by atoms with Crippen LogP contribution in [0.15, 0.2) is 48.5 Å². The van der Waals surface area contributed by atoms with E-state index in [2.05, 4.69) is 11.0 Å². The molecule has 2 aromatic carbocycles. The summed E-state index contributed by atoms with van der Waals surface area (Å²) in [5, 5.41) is 8.94. The molecular weight excluding hydrogens is 284 g/mol. The van der Waals surface area contributed by atoms with E-state index in [9.17, 15) is 4.79 Å². The summed E-state index contributed by atoms with van der Waals surface area (Å²) >= 11 is 0. The molecule has 3 rings (SSSR count). The number of rotatable bonds is 4. The lowest BCUT2D eigenvalue weighted by atomic mass is 10.0. The van der Waals surface area contributed by atoms with Crippen molar-refractivity contribution in [1.82, 2.24) is 4.90 Å². The summed E-state index contributed by atoms with van der Waals surface area (Å²) in [5.74, 6) is -0.0355. The molecule has 0 bridgehead atoms. The van der Waals surface area contributed by atoms with E-state index in [0.717, 1.165) is 6.54 Å². The van der Waals surface area contributed by atoms with E-state index in [1.807, 2.05) is 24.3 Å². The number of nitrogens with zero attached hydrogens (tertiary/aromatic N) is 2. The predicted octanol–water partition coefficient (Wildman–Crippen LogP) is 3.78. The van der Waals surface area contributed by atoms with Gasteiger partial charge >= 0.3 is 0 Å². The molecule has 0 N–H and O–H groups in total. The molecule has 0 saturated carbocycles. The molecule has 116 valence electrons. The van der Waals surface area contributed by atoms with Gasteiger partial charge in [0.2, 0.25) is 0 Å². The van der Waals surface area contributed by atoms with Crippen LogP contribution in [0.1, 0.15) is 46.3 Å². The zero-order chi connectivity index (χ0) is 16.1. The van der Waals surface area contributed by atoms with Gasteiger partial charge < -0.3 is 0 Å². The minimum atomic E-state index is -0.0355. The Hall–Kier alpha value is -2.44. The average Bonchev–Trinajstić information content (AvgIpc) is 2.63. The van der Waals surface area contributed by atoms with Gasteiger partial charge in [0, 0.05) is 17.7 Å². The Morgan fingerprint density at radius 3 is 2.43 bits per heavy atom. The Morgan fingerprint density at radius 2 is 1.74 bits per heavy atom. The molecule has 1 heterocycles. The van der Waals surface area contributed by atoms with Gasteiger partial charge in [-0.05, 0) is 43.6 Å². The molecule has 2 aromatic rings. The first-order chi connectivity index (χ1) is 11.3. The summed E-state index contributed by atoms with van der Waals surface area (Å²) < 4.78 is 0. The molecular formula is C20H20N2O. The molecule has 1 saturated heterocycles. The van der Waals surface area contributed by atoms with Crippen LogP contribution in [-0.2, 0) is 6.54 Å². The van der Waals surface area contributed by atoms with E-state index in [1.165, 1.54) is 37.9 Å². The molecule has 23 heavy (non-hydrogen) atoms. The first kappa shape index (κ1) is 15.5. The van der Waals surface area contributed by atoms with E-state index in [4.69, 9.17) is 5.26 Å². The van der Waals surface area contributed by atoms with Crippen molar-refractivity contribution < 1.29 is 4.79 Å². The van der Waals surface area contributed by atoms with Crippen molar-refractivity contribution in [3.63, 3.8) is 0 Å². The summed E-state index contributed by atoms with van der Waals surface area (Å²) in [5.41, 5.74) is 2.99. The summed E-state index contributed by atoms with van der Waals surface area (Å²) in [6.07, 6.45) is 3.91. The van der Waals surface area contributed by atoms with E-state index in [1.54, 1.807) is 24.3 Å². The van der Waals surface area contributed by atoms with Crippen molar-refractivity contribution in [3.8, 4) is 6.07 Å². The van der Waals surface area contributed by atoms with Gasteiger partial charge in [-0.3, -0.25) is 9.69 Å². The van der Waals surface area contributed by atoms with Crippen molar-refractivity contribution in [1.29, 1.82) is 5.26 Å². The van der Waals surface area contributed by atoms with Gasteiger partial charge in [-0.15, -0.1) is 0 Å². The molecule has 0 radical (unpaired) electrons. The van der Waals surface area contributed by atoms with Gasteiger partial charge in [0.05, 0.1) is 11.6 Å². The van der Waals surface area contributed by atoms with E-state index in [-0.39, 0.29) is 5.78 Å². The molecule has 1 aliphatic rings. The second-order valence-corrected chi connectivity index (χ2v) is 6.06. The van der Waals surface area contributed by atoms with Crippen LogP contribution in [0.3, 0.4) is 0 Å². The lowest BCUT2D eigenvalue weighted by Crippen LogP contribution is -2.29. The van der Waals surface area contributed by atoms with E-state index >= 15 is 0 Å². The Labute approximate surface area is 137 Å². The monoisotopic (exact) mass is 304 g/mol. The molecule has 0 spiro atoms. The fourth-order valence-corrected chi connectivity index (χ4v) is 3.03. The molecule has 1 aliphatic heterocycles. The van der Waals surface area contributed by atoms with E-state index in [0.29, 0.717) is 16.7 Å². The van der Waals surface area contributed by atoms with Gasteiger partial charge in [-0.1, -0.05) is 42.8 Å². The maximum Gasteiger partial charge on any atom is 0.193 e. The topological polar surface area (TPSA) is 44.1 Å².